The van der Waals surface area contributed by atoms with Gasteiger partial charge in [0, 0.05) is 13.1 Å². The number of aryl methyl sites for hydroxylation is 2. The zero-order chi connectivity index (χ0) is 18.9. The normalized spacial score (nSPS) is 15.2. The van der Waals surface area contributed by atoms with Gasteiger partial charge >= 0.3 is 0 Å². The van der Waals surface area contributed by atoms with Crippen LogP contribution in [0.4, 0.5) is 11.4 Å². The molecule has 1 aliphatic heterocycles. The van der Waals surface area contributed by atoms with Crippen LogP contribution in [0.25, 0.3) is 0 Å². The van der Waals surface area contributed by atoms with Gasteiger partial charge in [-0.25, -0.2) is 8.42 Å². The Balaban J connectivity index is 2.02. The van der Waals surface area contributed by atoms with Gasteiger partial charge in [0.1, 0.15) is 0 Å². The van der Waals surface area contributed by atoms with E-state index in [0.29, 0.717) is 23.8 Å². The molecule has 0 aromatic heterocycles. The molecule has 0 atom stereocenters. The average Bonchev–Trinajstić information content (AvgIpc) is 2.61. The highest BCUT2D eigenvalue weighted by molar-refractivity contribution is 7.92. The first-order valence-corrected chi connectivity index (χ1v) is 10.3. The second-order valence-corrected chi connectivity index (χ2v) is 8.43. The zero-order valence-corrected chi connectivity index (χ0v) is 16.6. The van der Waals surface area contributed by atoms with Gasteiger partial charge in [0.25, 0.3) is 10.0 Å². The fraction of sp³-hybridized carbons (Fsp3) is 0.400. The van der Waals surface area contributed by atoms with Crippen LogP contribution < -0.4 is 9.62 Å². The van der Waals surface area contributed by atoms with E-state index in [1.165, 1.54) is 0 Å². The first-order valence-electron chi connectivity index (χ1n) is 8.83. The van der Waals surface area contributed by atoms with Crippen molar-refractivity contribution in [1.29, 1.82) is 0 Å². The van der Waals surface area contributed by atoms with Gasteiger partial charge in [-0.3, -0.25) is 4.72 Å². The summed E-state index contributed by atoms with van der Waals surface area (Å²) in [7, 11) is -3.69. The largest absolute Gasteiger partial charge is 0.378 e. The van der Waals surface area contributed by atoms with Crippen LogP contribution in [0.5, 0.6) is 0 Å². The van der Waals surface area contributed by atoms with E-state index in [0.717, 1.165) is 41.0 Å². The van der Waals surface area contributed by atoms with Crippen molar-refractivity contribution in [2.75, 3.05) is 35.9 Å². The topological polar surface area (TPSA) is 58.6 Å². The van der Waals surface area contributed by atoms with E-state index < -0.39 is 10.0 Å². The van der Waals surface area contributed by atoms with Gasteiger partial charge in [0.2, 0.25) is 0 Å². The van der Waals surface area contributed by atoms with Crippen LogP contribution in [-0.4, -0.2) is 34.7 Å². The number of para-hydroxylation sites is 2. The summed E-state index contributed by atoms with van der Waals surface area (Å²) in [6, 6.07) is 9.57. The van der Waals surface area contributed by atoms with E-state index in [2.05, 4.69) is 9.62 Å². The predicted molar refractivity (Wildman–Crippen MR) is 106 cm³/mol. The Labute approximate surface area is 156 Å². The van der Waals surface area contributed by atoms with E-state index in [-0.39, 0.29) is 0 Å². The fourth-order valence-electron chi connectivity index (χ4n) is 3.42. The van der Waals surface area contributed by atoms with Crippen molar-refractivity contribution < 1.29 is 13.2 Å². The number of anilines is 2. The van der Waals surface area contributed by atoms with Crippen molar-refractivity contribution in [3.8, 4) is 0 Å². The molecule has 2 aromatic carbocycles. The van der Waals surface area contributed by atoms with Crippen LogP contribution in [-0.2, 0) is 14.8 Å². The lowest BCUT2D eigenvalue weighted by molar-refractivity contribution is 0.123. The monoisotopic (exact) mass is 374 g/mol. The minimum atomic E-state index is -3.69. The maximum absolute atomic E-state index is 13.2. The molecule has 2 aromatic rings. The van der Waals surface area contributed by atoms with Crippen molar-refractivity contribution in [2.45, 2.75) is 32.6 Å². The maximum atomic E-state index is 13.2. The number of nitrogens with one attached hydrogen (secondary N) is 1. The summed E-state index contributed by atoms with van der Waals surface area (Å²) in [5.74, 6) is 0. The molecule has 0 radical (unpaired) electrons. The number of ether oxygens (including phenoxy) is 1. The van der Waals surface area contributed by atoms with Crippen molar-refractivity contribution in [3.05, 3.63) is 52.6 Å². The SMILES string of the molecule is Cc1cc(C)c(C)c(S(=O)(=O)Nc2ccccc2N2CCOCC2)c1C. The highest BCUT2D eigenvalue weighted by Crippen LogP contribution is 2.32. The third kappa shape index (κ3) is 3.57. The van der Waals surface area contributed by atoms with E-state index in [1.54, 1.807) is 0 Å². The molecule has 0 aliphatic carbocycles. The minimum absolute atomic E-state index is 0.381. The van der Waals surface area contributed by atoms with Gasteiger partial charge in [-0.05, 0) is 62.1 Å². The number of nitrogens with zero attached hydrogens (tertiary/aromatic N) is 1. The average molecular weight is 375 g/mol. The summed E-state index contributed by atoms with van der Waals surface area (Å²) in [4.78, 5) is 2.54. The summed E-state index contributed by atoms with van der Waals surface area (Å²) < 4.78 is 34.7. The Morgan fingerprint density at radius 2 is 1.54 bits per heavy atom. The predicted octanol–water partition coefficient (Wildman–Crippen LogP) is 3.56. The van der Waals surface area contributed by atoms with Gasteiger partial charge in [0.05, 0.1) is 29.5 Å². The highest BCUT2D eigenvalue weighted by atomic mass is 32.2. The Bertz CT molecular complexity index is 891. The summed E-state index contributed by atoms with van der Waals surface area (Å²) in [6.07, 6.45) is 0. The third-order valence-corrected chi connectivity index (χ3v) is 6.70. The molecule has 0 bridgehead atoms. The summed E-state index contributed by atoms with van der Waals surface area (Å²) in [6.45, 7) is 10.4. The number of hydrogen-bond donors (Lipinski definition) is 1. The number of rotatable bonds is 4. The molecule has 0 saturated carbocycles. The highest BCUT2D eigenvalue weighted by Gasteiger charge is 2.24. The minimum Gasteiger partial charge on any atom is -0.378 e. The van der Waals surface area contributed by atoms with Gasteiger partial charge in [-0.1, -0.05) is 18.2 Å². The Morgan fingerprint density at radius 3 is 2.15 bits per heavy atom. The summed E-state index contributed by atoms with van der Waals surface area (Å²) >= 11 is 0. The molecular weight excluding hydrogens is 348 g/mol. The second kappa shape index (κ2) is 7.29. The molecule has 1 fully saturated rings. The first-order chi connectivity index (χ1) is 12.3. The second-order valence-electron chi connectivity index (χ2n) is 6.81. The molecule has 1 N–H and O–H groups in total. The molecule has 140 valence electrons. The fourth-order valence-corrected chi connectivity index (χ4v) is 5.11. The molecule has 0 spiro atoms. The Hall–Kier alpha value is -2.05. The molecule has 26 heavy (non-hydrogen) atoms. The van der Waals surface area contributed by atoms with Gasteiger partial charge in [0.15, 0.2) is 0 Å². The third-order valence-electron chi connectivity index (χ3n) is 5.07. The van der Waals surface area contributed by atoms with Crippen molar-refractivity contribution in [2.24, 2.45) is 0 Å². The smallest absolute Gasteiger partial charge is 0.262 e. The van der Waals surface area contributed by atoms with Gasteiger partial charge in [-0.2, -0.15) is 0 Å². The lowest BCUT2D eigenvalue weighted by Gasteiger charge is -2.30. The van der Waals surface area contributed by atoms with Crippen LogP contribution in [0.15, 0.2) is 35.2 Å². The molecule has 0 unspecified atom stereocenters. The van der Waals surface area contributed by atoms with Crippen LogP contribution >= 0.6 is 0 Å². The standard InChI is InChI=1S/C20H26N2O3S/c1-14-13-15(2)17(4)20(16(14)3)26(23,24)21-18-7-5-6-8-19(18)22-9-11-25-12-10-22/h5-8,13,21H,9-12H2,1-4H3. The number of morpholine rings is 1. The molecule has 3 rings (SSSR count). The summed E-state index contributed by atoms with van der Waals surface area (Å²) in [5, 5.41) is 0. The van der Waals surface area contributed by atoms with E-state index in [1.807, 2.05) is 58.0 Å². The van der Waals surface area contributed by atoms with Crippen molar-refractivity contribution in [1.82, 2.24) is 0 Å². The van der Waals surface area contributed by atoms with Gasteiger partial charge in [-0.15, -0.1) is 0 Å². The number of sulfonamides is 1. The van der Waals surface area contributed by atoms with E-state index in [4.69, 9.17) is 4.74 Å². The van der Waals surface area contributed by atoms with Crippen molar-refractivity contribution >= 4 is 21.4 Å². The van der Waals surface area contributed by atoms with Gasteiger partial charge < -0.3 is 9.64 Å². The molecular formula is C20H26N2O3S. The molecule has 5 nitrogen and oxygen atoms in total. The molecule has 1 aliphatic rings. The van der Waals surface area contributed by atoms with Crippen LogP contribution in [0.2, 0.25) is 0 Å². The Morgan fingerprint density at radius 1 is 0.962 bits per heavy atom. The number of hydrogen-bond acceptors (Lipinski definition) is 4. The van der Waals surface area contributed by atoms with Crippen LogP contribution in [0, 0.1) is 27.7 Å². The first kappa shape index (κ1) is 18.7. The quantitative estimate of drug-likeness (QED) is 0.889. The molecule has 1 heterocycles. The lowest BCUT2D eigenvalue weighted by atomic mass is 10.0. The van der Waals surface area contributed by atoms with E-state index in [9.17, 15) is 8.42 Å². The molecule has 0 amide bonds. The molecule has 6 heteroatoms. The van der Waals surface area contributed by atoms with E-state index >= 15 is 0 Å². The number of benzene rings is 2. The molecule has 1 saturated heterocycles. The Kier molecular flexibility index (Phi) is 5.25. The van der Waals surface area contributed by atoms with Crippen LogP contribution in [0.1, 0.15) is 22.3 Å². The summed E-state index contributed by atoms with van der Waals surface area (Å²) in [5.41, 5.74) is 5.05. The zero-order valence-electron chi connectivity index (χ0n) is 15.8. The lowest BCUT2D eigenvalue weighted by Crippen LogP contribution is -2.36. The van der Waals surface area contributed by atoms with Crippen LogP contribution in [0.3, 0.4) is 0 Å². The van der Waals surface area contributed by atoms with Crippen molar-refractivity contribution in [3.63, 3.8) is 0 Å². The maximum Gasteiger partial charge on any atom is 0.262 e.